The summed E-state index contributed by atoms with van der Waals surface area (Å²) in [5.74, 6) is 0.501. The number of fused-ring (bicyclic) bond motifs is 1. The van der Waals surface area contributed by atoms with Gasteiger partial charge in [-0.25, -0.2) is 15.0 Å². The first-order valence-corrected chi connectivity index (χ1v) is 8.60. The minimum atomic E-state index is -0.268. The number of aromatic nitrogens is 5. The summed E-state index contributed by atoms with van der Waals surface area (Å²) in [6.07, 6.45) is 6.54. The van der Waals surface area contributed by atoms with Crippen LogP contribution < -0.4 is 11.1 Å². The third kappa shape index (κ3) is 3.17. The summed E-state index contributed by atoms with van der Waals surface area (Å²) in [6.45, 7) is 1.95. The van der Waals surface area contributed by atoms with Crippen molar-refractivity contribution in [3.05, 3.63) is 66.5 Å². The van der Waals surface area contributed by atoms with Gasteiger partial charge in [-0.15, -0.1) is 0 Å². The van der Waals surface area contributed by atoms with E-state index in [1.165, 1.54) is 6.33 Å². The molecule has 0 saturated heterocycles. The van der Waals surface area contributed by atoms with Gasteiger partial charge in [-0.05, 0) is 31.2 Å². The van der Waals surface area contributed by atoms with Gasteiger partial charge in [0.25, 0.3) is 0 Å². The van der Waals surface area contributed by atoms with Crippen molar-refractivity contribution in [2.24, 2.45) is 0 Å². The molecule has 1 atom stereocenters. The topological polar surface area (TPSA) is 126 Å². The Labute approximate surface area is 161 Å². The molecule has 0 radical (unpaired) electrons. The van der Waals surface area contributed by atoms with Crippen molar-refractivity contribution >= 4 is 22.5 Å². The molecular formula is C20H16N8. The van der Waals surface area contributed by atoms with Gasteiger partial charge >= 0.3 is 0 Å². The van der Waals surface area contributed by atoms with E-state index >= 15 is 0 Å². The number of nitrogen functional groups attached to an aromatic ring is 1. The summed E-state index contributed by atoms with van der Waals surface area (Å²) in [7, 11) is 0. The SMILES string of the molecule is C[C@H](Nc1ncnc(N)c1C#N)c1nc2ccncc2cc1-c1ccccn1. The lowest BCUT2D eigenvalue weighted by molar-refractivity contribution is 0.838. The smallest absolute Gasteiger partial charge is 0.150 e. The van der Waals surface area contributed by atoms with Gasteiger partial charge in [-0.1, -0.05) is 6.07 Å². The molecule has 0 saturated carbocycles. The lowest BCUT2D eigenvalue weighted by Gasteiger charge is -2.19. The Morgan fingerprint density at radius 3 is 2.82 bits per heavy atom. The van der Waals surface area contributed by atoms with Gasteiger partial charge in [0.2, 0.25) is 0 Å². The molecule has 0 aliphatic rings. The molecule has 4 aromatic heterocycles. The van der Waals surface area contributed by atoms with Crippen LogP contribution in [0.5, 0.6) is 0 Å². The minimum absolute atomic E-state index is 0.134. The van der Waals surface area contributed by atoms with E-state index in [0.717, 1.165) is 27.9 Å². The number of hydrogen-bond acceptors (Lipinski definition) is 8. The van der Waals surface area contributed by atoms with Gasteiger partial charge in [0.1, 0.15) is 29.6 Å². The average molecular weight is 368 g/mol. The molecule has 0 unspecified atom stereocenters. The van der Waals surface area contributed by atoms with Crippen LogP contribution in [0, 0.1) is 11.3 Å². The molecule has 4 rings (SSSR count). The van der Waals surface area contributed by atoms with Crippen LogP contribution in [-0.2, 0) is 0 Å². The quantitative estimate of drug-likeness (QED) is 0.562. The second-order valence-electron chi connectivity index (χ2n) is 6.16. The van der Waals surface area contributed by atoms with E-state index in [0.29, 0.717) is 5.82 Å². The molecule has 4 heterocycles. The average Bonchev–Trinajstić information content (AvgIpc) is 2.73. The Balaban J connectivity index is 1.83. The fraction of sp³-hybridized carbons (Fsp3) is 0.100. The summed E-state index contributed by atoms with van der Waals surface area (Å²) in [5.41, 5.74) is 9.27. The molecule has 0 fully saturated rings. The third-order valence-corrected chi connectivity index (χ3v) is 4.34. The van der Waals surface area contributed by atoms with Crippen LogP contribution >= 0.6 is 0 Å². The van der Waals surface area contributed by atoms with Crippen molar-refractivity contribution in [2.45, 2.75) is 13.0 Å². The molecule has 28 heavy (non-hydrogen) atoms. The molecule has 136 valence electrons. The van der Waals surface area contributed by atoms with Crippen molar-refractivity contribution < 1.29 is 0 Å². The van der Waals surface area contributed by atoms with Crippen LogP contribution in [0.3, 0.4) is 0 Å². The van der Waals surface area contributed by atoms with Crippen molar-refractivity contribution in [2.75, 3.05) is 11.1 Å². The number of nitrogens with two attached hydrogens (primary N) is 1. The molecular weight excluding hydrogens is 352 g/mol. The number of nitrogens with one attached hydrogen (secondary N) is 1. The molecule has 8 nitrogen and oxygen atoms in total. The lowest BCUT2D eigenvalue weighted by Crippen LogP contribution is -2.14. The monoisotopic (exact) mass is 368 g/mol. The fourth-order valence-electron chi connectivity index (χ4n) is 2.98. The highest BCUT2D eigenvalue weighted by atomic mass is 15.1. The van der Waals surface area contributed by atoms with E-state index in [9.17, 15) is 5.26 Å². The van der Waals surface area contributed by atoms with Crippen LogP contribution in [0.4, 0.5) is 11.6 Å². The van der Waals surface area contributed by atoms with E-state index in [2.05, 4.69) is 25.3 Å². The third-order valence-electron chi connectivity index (χ3n) is 4.34. The largest absolute Gasteiger partial charge is 0.382 e. The van der Waals surface area contributed by atoms with Crippen molar-refractivity contribution in [1.29, 1.82) is 5.26 Å². The maximum atomic E-state index is 9.37. The lowest BCUT2D eigenvalue weighted by atomic mass is 10.0. The summed E-state index contributed by atoms with van der Waals surface area (Å²) in [4.78, 5) is 21.5. The summed E-state index contributed by atoms with van der Waals surface area (Å²) >= 11 is 0. The Hall–Kier alpha value is -4.12. The molecule has 4 aromatic rings. The molecule has 8 heteroatoms. The number of nitrogens with zero attached hydrogens (tertiary/aromatic N) is 6. The first kappa shape index (κ1) is 17.3. The highest BCUT2D eigenvalue weighted by Gasteiger charge is 2.19. The van der Waals surface area contributed by atoms with Crippen LogP contribution in [0.25, 0.3) is 22.2 Å². The molecule has 0 spiro atoms. The second kappa shape index (κ2) is 7.25. The Kier molecular flexibility index (Phi) is 4.48. The van der Waals surface area contributed by atoms with Gasteiger partial charge in [-0.2, -0.15) is 5.26 Å². The second-order valence-corrected chi connectivity index (χ2v) is 6.16. The molecule has 3 N–H and O–H groups in total. The summed E-state index contributed by atoms with van der Waals surface area (Å²) in [5, 5.41) is 13.5. The van der Waals surface area contributed by atoms with Crippen molar-refractivity contribution in [1.82, 2.24) is 24.9 Å². The zero-order valence-electron chi connectivity index (χ0n) is 15.0. The molecule has 0 amide bonds. The minimum Gasteiger partial charge on any atom is -0.382 e. The first-order valence-electron chi connectivity index (χ1n) is 8.60. The fourth-order valence-corrected chi connectivity index (χ4v) is 2.98. The number of hydrogen-bond donors (Lipinski definition) is 2. The maximum absolute atomic E-state index is 9.37. The Bertz CT molecular complexity index is 1180. The Morgan fingerprint density at radius 1 is 1.14 bits per heavy atom. The predicted octanol–water partition coefficient (Wildman–Crippen LogP) is 3.11. The van der Waals surface area contributed by atoms with Gasteiger partial charge in [0.15, 0.2) is 0 Å². The Morgan fingerprint density at radius 2 is 2.04 bits per heavy atom. The van der Waals surface area contributed by atoms with Crippen molar-refractivity contribution in [3.63, 3.8) is 0 Å². The van der Waals surface area contributed by atoms with E-state index < -0.39 is 0 Å². The van der Waals surface area contributed by atoms with Crippen LogP contribution in [-0.4, -0.2) is 24.9 Å². The normalized spacial score (nSPS) is 11.7. The van der Waals surface area contributed by atoms with Crippen LogP contribution in [0.2, 0.25) is 0 Å². The number of rotatable bonds is 4. The van der Waals surface area contributed by atoms with Gasteiger partial charge < -0.3 is 11.1 Å². The van der Waals surface area contributed by atoms with Crippen LogP contribution in [0.15, 0.2) is 55.2 Å². The molecule has 0 aliphatic heterocycles. The number of pyridine rings is 3. The van der Waals surface area contributed by atoms with E-state index in [1.807, 2.05) is 43.3 Å². The van der Waals surface area contributed by atoms with E-state index in [4.69, 9.17) is 10.7 Å². The molecule has 0 aliphatic carbocycles. The van der Waals surface area contributed by atoms with E-state index in [1.54, 1.807) is 18.6 Å². The maximum Gasteiger partial charge on any atom is 0.150 e. The summed E-state index contributed by atoms with van der Waals surface area (Å²) in [6, 6.07) is 11.4. The van der Waals surface area contributed by atoms with Gasteiger partial charge in [-0.3, -0.25) is 9.97 Å². The number of nitriles is 1. The van der Waals surface area contributed by atoms with Gasteiger partial charge in [0.05, 0.1) is 22.9 Å². The highest BCUT2D eigenvalue weighted by Crippen LogP contribution is 2.31. The zero-order chi connectivity index (χ0) is 19.5. The first-order chi connectivity index (χ1) is 13.7. The van der Waals surface area contributed by atoms with Crippen LogP contribution in [0.1, 0.15) is 24.2 Å². The number of anilines is 2. The predicted molar refractivity (Wildman–Crippen MR) is 106 cm³/mol. The molecule has 0 aromatic carbocycles. The van der Waals surface area contributed by atoms with Gasteiger partial charge in [0, 0.05) is 29.5 Å². The molecule has 0 bridgehead atoms. The van der Waals surface area contributed by atoms with Crippen molar-refractivity contribution in [3.8, 4) is 17.3 Å². The highest BCUT2D eigenvalue weighted by molar-refractivity contribution is 5.83. The zero-order valence-corrected chi connectivity index (χ0v) is 15.0. The summed E-state index contributed by atoms with van der Waals surface area (Å²) < 4.78 is 0. The standard InChI is InChI=1S/C20H16N8/c1-12(27-20-15(9-21)19(22)25-11-26-20)18-14(17-4-2-3-6-24-17)8-13-10-23-7-5-16(13)28-18/h2-8,10-12H,1H3,(H3,22,25,26,27)/t12-/m0/s1. The van der Waals surface area contributed by atoms with E-state index in [-0.39, 0.29) is 17.4 Å².